The van der Waals surface area contributed by atoms with Gasteiger partial charge in [0.1, 0.15) is 23.1 Å². The molecule has 1 fully saturated rings. The van der Waals surface area contributed by atoms with E-state index in [1.54, 1.807) is 36.4 Å². The van der Waals surface area contributed by atoms with Gasteiger partial charge in [-0.15, -0.1) is 0 Å². The molecule has 1 unspecified atom stereocenters. The van der Waals surface area contributed by atoms with Crippen molar-refractivity contribution >= 4 is 50.9 Å². The number of anilines is 3. The van der Waals surface area contributed by atoms with E-state index >= 15 is 0 Å². The van der Waals surface area contributed by atoms with Crippen molar-refractivity contribution in [3.8, 4) is 22.3 Å². The third-order valence-electron chi connectivity index (χ3n) is 7.32. The van der Waals surface area contributed by atoms with E-state index in [4.69, 9.17) is 10.5 Å². The fraction of sp³-hybridized carbons (Fsp3) is 0.125. The van der Waals surface area contributed by atoms with E-state index < -0.39 is 40.0 Å². The Morgan fingerprint density at radius 3 is 2.41 bits per heavy atom. The van der Waals surface area contributed by atoms with Gasteiger partial charge in [-0.05, 0) is 59.7 Å². The predicted octanol–water partition coefficient (Wildman–Crippen LogP) is 4.05. The minimum atomic E-state index is -2.17. The van der Waals surface area contributed by atoms with Crippen molar-refractivity contribution in [2.24, 2.45) is 0 Å². The molecule has 3 aromatic carbocycles. The largest absolute Gasteiger partial charge is 0.383 e. The molecule has 0 aliphatic carbocycles. The lowest BCUT2D eigenvalue weighted by atomic mass is 10.0. The van der Waals surface area contributed by atoms with Gasteiger partial charge in [0.05, 0.1) is 23.6 Å². The number of hydrogen-bond donors (Lipinski definition) is 4. The summed E-state index contributed by atoms with van der Waals surface area (Å²) in [4.78, 5) is 45.6. The van der Waals surface area contributed by atoms with Gasteiger partial charge in [0.25, 0.3) is 5.56 Å². The summed E-state index contributed by atoms with van der Waals surface area (Å²) < 4.78 is 47.9. The van der Waals surface area contributed by atoms with Crippen LogP contribution in [0, 0.1) is 11.6 Å². The molecule has 11 nitrogen and oxygen atoms in total. The number of morpholine rings is 1. The van der Waals surface area contributed by atoms with Crippen molar-refractivity contribution in [2.45, 2.75) is 4.90 Å². The van der Waals surface area contributed by atoms with Crippen LogP contribution < -0.4 is 21.3 Å². The van der Waals surface area contributed by atoms with E-state index in [9.17, 15) is 27.4 Å². The number of fused-ring (bicyclic) bond motifs is 1. The van der Waals surface area contributed by atoms with Gasteiger partial charge in [-0.3, -0.25) is 19.1 Å². The summed E-state index contributed by atoms with van der Waals surface area (Å²) in [7, 11) is -2.17. The topological polar surface area (TPSA) is 160 Å². The van der Waals surface area contributed by atoms with Gasteiger partial charge in [0.2, 0.25) is 0 Å². The molecular weight excluding hydrogens is 618 g/mol. The van der Waals surface area contributed by atoms with Crippen LogP contribution in [0.4, 0.5) is 26.0 Å². The second kappa shape index (κ2) is 12.9. The molecule has 1 saturated heterocycles. The standard InChI is InChI=1S/C32H26F2N6O5S/c33-22-4-8-28(25(34)16-22)46(44)39-27-15-21(17-36-30(27)41)19-3-7-26-20(13-19)14-24(29(35)38-26)18-1-5-23(6-2-18)37-31(42)32(43)40-9-11-45-12-10-40/h1-8,13-17,39H,9-12H2,(H2,35,38)(H,36,41)(H,37,42). The number of carbonyl (C=O) groups is 2. The molecule has 0 saturated carbocycles. The van der Waals surface area contributed by atoms with Crippen molar-refractivity contribution in [3.63, 3.8) is 0 Å². The van der Waals surface area contributed by atoms with Crippen LogP contribution in [0.2, 0.25) is 0 Å². The molecular formula is C32H26F2N6O5S. The Morgan fingerprint density at radius 1 is 0.935 bits per heavy atom. The first-order valence-electron chi connectivity index (χ1n) is 14.0. The van der Waals surface area contributed by atoms with Crippen LogP contribution in [0.25, 0.3) is 33.2 Å². The Kier molecular flexibility index (Phi) is 8.55. The van der Waals surface area contributed by atoms with Crippen LogP contribution in [-0.2, 0) is 25.3 Å². The molecule has 234 valence electrons. The fourth-order valence-electron chi connectivity index (χ4n) is 4.94. The van der Waals surface area contributed by atoms with Gasteiger partial charge < -0.3 is 25.7 Å². The minimum Gasteiger partial charge on any atom is -0.383 e. The molecule has 3 heterocycles. The number of rotatable bonds is 6. The SMILES string of the molecule is Nc1nc2ccc(-c3c[nH]c(=O)c(NS(=O)c4ccc(F)cc4F)c3)cc2cc1-c1ccc(NC(=O)C(=O)N2CCOCC2)cc1. The number of carbonyl (C=O) groups excluding carboxylic acids is 2. The van der Waals surface area contributed by atoms with Crippen LogP contribution in [0.1, 0.15) is 0 Å². The number of nitrogens with one attached hydrogen (secondary N) is 3. The monoisotopic (exact) mass is 644 g/mol. The lowest BCUT2D eigenvalue weighted by molar-refractivity contribution is -0.145. The van der Waals surface area contributed by atoms with Crippen LogP contribution in [0.15, 0.2) is 88.7 Å². The Morgan fingerprint density at radius 2 is 1.67 bits per heavy atom. The number of halogens is 2. The zero-order valence-corrected chi connectivity index (χ0v) is 24.8. The van der Waals surface area contributed by atoms with Gasteiger partial charge in [0, 0.05) is 47.6 Å². The quantitative estimate of drug-likeness (QED) is 0.203. The van der Waals surface area contributed by atoms with E-state index in [1.807, 2.05) is 12.1 Å². The molecule has 6 rings (SSSR count). The molecule has 5 aromatic rings. The molecule has 1 aliphatic rings. The summed E-state index contributed by atoms with van der Waals surface area (Å²) in [5.41, 5.74) is 9.30. The van der Waals surface area contributed by atoms with Gasteiger partial charge >= 0.3 is 11.8 Å². The number of H-pyrrole nitrogens is 1. The third kappa shape index (κ3) is 6.48. The average molecular weight is 645 g/mol. The number of hydrogen-bond acceptors (Lipinski definition) is 7. The number of benzene rings is 3. The molecule has 14 heteroatoms. The van der Waals surface area contributed by atoms with Crippen molar-refractivity contribution in [1.29, 1.82) is 0 Å². The lowest BCUT2D eigenvalue weighted by Crippen LogP contribution is -2.45. The third-order valence-corrected chi connectivity index (χ3v) is 8.46. The number of pyridine rings is 2. The fourth-order valence-corrected chi connectivity index (χ4v) is 5.83. The molecule has 0 bridgehead atoms. The summed E-state index contributed by atoms with van der Waals surface area (Å²) in [6.07, 6.45) is 1.48. The van der Waals surface area contributed by atoms with Gasteiger partial charge in [-0.1, -0.05) is 18.2 Å². The van der Waals surface area contributed by atoms with Crippen LogP contribution in [0.5, 0.6) is 0 Å². The van der Waals surface area contributed by atoms with E-state index in [1.165, 1.54) is 17.2 Å². The highest BCUT2D eigenvalue weighted by Gasteiger charge is 2.23. The highest BCUT2D eigenvalue weighted by Crippen LogP contribution is 2.32. The maximum Gasteiger partial charge on any atom is 0.313 e. The van der Waals surface area contributed by atoms with Crippen LogP contribution in [0.3, 0.4) is 0 Å². The highest BCUT2D eigenvalue weighted by molar-refractivity contribution is 7.86. The van der Waals surface area contributed by atoms with E-state index in [2.05, 4.69) is 20.0 Å². The number of ether oxygens (including phenoxy) is 1. The molecule has 46 heavy (non-hydrogen) atoms. The van der Waals surface area contributed by atoms with E-state index in [0.29, 0.717) is 60.3 Å². The van der Waals surface area contributed by atoms with Gasteiger partial charge in [-0.2, -0.15) is 0 Å². The summed E-state index contributed by atoms with van der Waals surface area (Å²) in [6, 6.07) is 18.2. The van der Waals surface area contributed by atoms with Crippen molar-refractivity contribution in [3.05, 3.63) is 101 Å². The second-order valence-electron chi connectivity index (χ2n) is 10.3. The number of nitrogens with two attached hydrogens (primary N) is 1. The number of aromatic nitrogens is 2. The highest BCUT2D eigenvalue weighted by atomic mass is 32.2. The smallest absolute Gasteiger partial charge is 0.313 e. The van der Waals surface area contributed by atoms with E-state index in [-0.39, 0.29) is 16.4 Å². The summed E-state index contributed by atoms with van der Waals surface area (Å²) in [5, 5.41) is 3.35. The maximum absolute atomic E-state index is 14.1. The van der Waals surface area contributed by atoms with E-state index in [0.717, 1.165) is 23.1 Å². The number of nitrogens with zero attached hydrogens (tertiary/aromatic N) is 2. The zero-order valence-electron chi connectivity index (χ0n) is 24.0. The average Bonchev–Trinajstić information content (AvgIpc) is 3.05. The maximum atomic E-state index is 14.1. The normalized spacial score (nSPS) is 13.7. The number of nitrogen functional groups attached to an aromatic ring is 1. The molecule has 2 amide bonds. The zero-order chi connectivity index (χ0) is 32.4. The molecule has 5 N–H and O–H groups in total. The lowest BCUT2D eigenvalue weighted by Gasteiger charge is -2.26. The first-order valence-corrected chi connectivity index (χ1v) is 15.2. The summed E-state index contributed by atoms with van der Waals surface area (Å²) >= 11 is 0. The molecule has 1 aliphatic heterocycles. The first kappa shape index (κ1) is 30.6. The van der Waals surface area contributed by atoms with Crippen molar-refractivity contribution in [2.75, 3.05) is 42.1 Å². The molecule has 0 radical (unpaired) electrons. The Hall–Kier alpha value is -5.47. The predicted molar refractivity (Wildman–Crippen MR) is 170 cm³/mol. The first-order chi connectivity index (χ1) is 22.2. The number of aromatic amines is 1. The Balaban J connectivity index is 1.23. The van der Waals surface area contributed by atoms with Crippen molar-refractivity contribution < 1.29 is 27.3 Å². The van der Waals surface area contributed by atoms with Crippen LogP contribution >= 0.6 is 0 Å². The Labute approximate surface area is 263 Å². The summed E-state index contributed by atoms with van der Waals surface area (Å²) in [5.74, 6) is -2.89. The molecule has 0 spiro atoms. The summed E-state index contributed by atoms with van der Waals surface area (Å²) in [6.45, 7) is 1.51. The van der Waals surface area contributed by atoms with Crippen LogP contribution in [-0.4, -0.2) is 57.2 Å². The van der Waals surface area contributed by atoms with Crippen molar-refractivity contribution in [1.82, 2.24) is 14.9 Å². The Bertz CT molecular complexity index is 2070. The number of amides is 2. The molecule has 1 atom stereocenters. The second-order valence-corrected chi connectivity index (χ2v) is 11.5. The molecule has 2 aromatic heterocycles. The van der Waals surface area contributed by atoms with Gasteiger partial charge in [0.15, 0.2) is 11.0 Å². The minimum absolute atomic E-state index is 0.0744. The van der Waals surface area contributed by atoms with Gasteiger partial charge in [-0.25, -0.2) is 18.0 Å².